The lowest BCUT2D eigenvalue weighted by Crippen LogP contribution is -2.61. The van der Waals surface area contributed by atoms with E-state index in [2.05, 4.69) is 37.9 Å². The van der Waals surface area contributed by atoms with E-state index in [9.17, 15) is 9.59 Å². The van der Waals surface area contributed by atoms with Crippen LogP contribution in [0.15, 0.2) is 40.9 Å². The molecule has 1 aliphatic rings. The molecule has 2 heterocycles. The molecule has 2 aromatic rings. The molecule has 1 aromatic carbocycles. The second-order valence-electron chi connectivity index (χ2n) is 5.76. The SMILES string of the molecule is C[C@@]1(Cc2nsc(NC(=O)c3ccccc3)n2)NC(=O)C(C#N)=C(S)N1. The van der Waals surface area contributed by atoms with Crippen molar-refractivity contribution in [2.75, 3.05) is 5.32 Å². The van der Waals surface area contributed by atoms with E-state index in [1.165, 1.54) is 0 Å². The van der Waals surface area contributed by atoms with Gasteiger partial charge in [-0.15, -0.1) is 12.6 Å². The zero-order chi connectivity index (χ0) is 18.7. The minimum atomic E-state index is -0.893. The molecule has 0 spiro atoms. The van der Waals surface area contributed by atoms with Gasteiger partial charge in [0.05, 0.1) is 11.4 Å². The van der Waals surface area contributed by atoms with Gasteiger partial charge in [0.1, 0.15) is 23.1 Å². The van der Waals surface area contributed by atoms with Crippen molar-refractivity contribution in [1.29, 1.82) is 5.26 Å². The summed E-state index contributed by atoms with van der Waals surface area (Å²) in [7, 11) is 0. The number of nitriles is 1. The molecular weight excluding hydrogens is 372 g/mol. The van der Waals surface area contributed by atoms with Crippen molar-refractivity contribution < 1.29 is 9.59 Å². The number of hydrogen-bond acceptors (Lipinski definition) is 8. The van der Waals surface area contributed by atoms with Crippen LogP contribution >= 0.6 is 24.2 Å². The second kappa shape index (κ2) is 7.15. The van der Waals surface area contributed by atoms with Crippen molar-refractivity contribution in [3.63, 3.8) is 0 Å². The molecule has 0 saturated heterocycles. The van der Waals surface area contributed by atoms with Gasteiger partial charge in [-0.1, -0.05) is 18.2 Å². The first-order valence-corrected chi connectivity index (χ1v) is 8.75. The molecule has 3 N–H and O–H groups in total. The van der Waals surface area contributed by atoms with Gasteiger partial charge in [-0.2, -0.15) is 9.64 Å². The topological polar surface area (TPSA) is 120 Å². The predicted octanol–water partition coefficient (Wildman–Crippen LogP) is 1.43. The van der Waals surface area contributed by atoms with Gasteiger partial charge >= 0.3 is 0 Å². The van der Waals surface area contributed by atoms with Crippen LogP contribution in [-0.4, -0.2) is 26.8 Å². The Kier molecular flexibility index (Phi) is 4.92. The molecule has 1 aromatic heterocycles. The van der Waals surface area contributed by atoms with Crippen LogP contribution in [0, 0.1) is 11.3 Å². The van der Waals surface area contributed by atoms with Crippen LogP contribution < -0.4 is 16.0 Å². The molecule has 8 nitrogen and oxygen atoms in total. The van der Waals surface area contributed by atoms with Crippen LogP contribution in [0.2, 0.25) is 0 Å². The Labute approximate surface area is 158 Å². The summed E-state index contributed by atoms with van der Waals surface area (Å²) in [5, 5.41) is 17.9. The molecule has 132 valence electrons. The van der Waals surface area contributed by atoms with Gasteiger partial charge in [0.25, 0.3) is 11.8 Å². The first-order chi connectivity index (χ1) is 12.4. The van der Waals surface area contributed by atoms with E-state index in [0.717, 1.165) is 11.5 Å². The van der Waals surface area contributed by atoms with Crippen molar-refractivity contribution in [3.05, 3.63) is 52.3 Å². The largest absolute Gasteiger partial charge is 0.356 e. The van der Waals surface area contributed by atoms with E-state index in [1.54, 1.807) is 37.3 Å². The third-order valence-corrected chi connectivity index (χ3v) is 4.60. The van der Waals surface area contributed by atoms with Gasteiger partial charge in [-0.3, -0.25) is 14.9 Å². The lowest BCUT2D eigenvalue weighted by molar-refractivity contribution is -0.119. The van der Waals surface area contributed by atoms with E-state index in [0.29, 0.717) is 16.5 Å². The van der Waals surface area contributed by atoms with Crippen molar-refractivity contribution >= 4 is 41.1 Å². The Morgan fingerprint density at radius 3 is 2.77 bits per heavy atom. The number of thiol groups is 1. The third kappa shape index (κ3) is 3.84. The second-order valence-corrected chi connectivity index (χ2v) is 6.96. The highest BCUT2D eigenvalue weighted by Crippen LogP contribution is 2.21. The molecule has 0 unspecified atom stereocenters. The van der Waals surface area contributed by atoms with Gasteiger partial charge in [-0.25, -0.2) is 4.98 Å². The number of carbonyl (C=O) groups excluding carboxylic acids is 2. The lowest BCUT2D eigenvalue weighted by atomic mass is 10.0. The summed E-state index contributed by atoms with van der Waals surface area (Å²) in [6, 6.07) is 10.6. The summed E-state index contributed by atoms with van der Waals surface area (Å²) in [5.74, 6) is -0.343. The summed E-state index contributed by atoms with van der Waals surface area (Å²) < 4.78 is 4.21. The zero-order valence-corrected chi connectivity index (χ0v) is 15.3. The Balaban J connectivity index is 1.69. The Hall–Kier alpha value is -2.90. The maximum atomic E-state index is 12.1. The first kappa shape index (κ1) is 17.9. The summed E-state index contributed by atoms with van der Waals surface area (Å²) in [6.07, 6.45) is 0.249. The van der Waals surface area contributed by atoms with Gasteiger partial charge in [0.2, 0.25) is 5.13 Å². The van der Waals surface area contributed by atoms with Crippen molar-refractivity contribution in [2.24, 2.45) is 0 Å². The van der Waals surface area contributed by atoms with Crippen LogP contribution in [0.1, 0.15) is 23.1 Å². The Morgan fingerprint density at radius 1 is 1.38 bits per heavy atom. The third-order valence-electron chi connectivity index (χ3n) is 3.60. The minimum absolute atomic E-state index is 0.0761. The molecule has 1 atom stereocenters. The molecule has 1 aliphatic heterocycles. The van der Waals surface area contributed by atoms with Crippen LogP contribution in [-0.2, 0) is 11.2 Å². The van der Waals surface area contributed by atoms with Crippen LogP contribution in [0.25, 0.3) is 0 Å². The van der Waals surface area contributed by atoms with E-state index >= 15 is 0 Å². The fourth-order valence-corrected chi connectivity index (χ4v) is 3.40. The maximum absolute atomic E-state index is 12.1. The summed E-state index contributed by atoms with van der Waals surface area (Å²) >= 11 is 5.21. The fourth-order valence-electron chi connectivity index (χ4n) is 2.42. The molecular formula is C16H14N6O2S2. The number of amides is 2. The summed E-state index contributed by atoms with van der Waals surface area (Å²) in [5.41, 5.74) is -0.449. The maximum Gasteiger partial charge on any atom is 0.266 e. The normalized spacial score (nSPS) is 19.3. The van der Waals surface area contributed by atoms with Crippen molar-refractivity contribution in [2.45, 2.75) is 19.0 Å². The Bertz CT molecular complexity index is 934. The standard InChI is InChI=1S/C16H14N6O2S2/c1-16(20-13(24)10(8-17)14(25)21-16)7-11-18-15(26-22-11)19-12(23)9-5-3-2-4-6-9/h2-6,21,25H,7H2,1H3,(H,20,24)(H,18,19,22,23)/t16-/m1/s1. The van der Waals surface area contributed by atoms with Gasteiger partial charge in [0, 0.05) is 17.1 Å². The fraction of sp³-hybridized carbons (Fsp3) is 0.188. The Morgan fingerprint density at radius 2 is 2.12 bits per heavy atom. The van der Waals surface area contributed by atoms with E-state index in [4.69, 9.17) is 5.26 Å². The highest BCUT2D eigenvalue weighted by molar-refractivity contribution is 7.84. The zero-order valence-electron chi connectivity index (χ0n) is 13.6. The highest BCUT2D eigenvalue weighted by Gasteiger charge is 2.35. The number of carbonyl (C=O) groups is 2. The average molecular weight is 386 g/mol. The van der Waals surface area contributed by atoms with Crippen molar-refractivity contribution in [1.82, 2.24) is 20.0 Å². The van der Waals surface area contributed by atoms with E-state index in [1.807, 2.05) is 6.07 Å². The number of anilines is 1. The quantitative estimate of drug-likeness (QED) is 0.590. The molecule has 0 saturated carbocycles. The molecule has 0 fully saturated rings. The summed E-state index contributed by atoms with van der Waals surface area (Å²) in [6.45, 7) is 1.73. The molecule has 0 bridgehead atoms. The number of aromatic nitrogens is 2. The number of nitrogens with zero attached hydrogens (tertiary/aromatic N) is 3. The molecule has 10 heteroatoms. The van der Waals surface area contributed by atoms with Gasteiger partial charge in [-0.05, 0) is 19.1 Å². The van der Waals surface area contributed by atoms with Crippen LogP contribution in [0.4, 0.5) is 5.13 Å². The average Bonchev–Trinajstić information content (AvgIpc) is 3.01. The van der Waals surface area contributed by atoms with Gasteiger partial charge < -0.3 is 10.6 Å². The van der Waals surface area contributed by atoms with E-state index in [-0.39, 0.29) is 22.9 Å². The molecule has 0 aliphatic carbocycles. The number of hydrogen-bond donors (Lipinski definition) is 4. The van der Waals surface area contributed by atoms with Crippen LogP contribution in [0.5, 0.6) is 0 Å². The number of rotatable bonds is 4. The molecule has 3 rings (SSSR count). The summed E-state index contributed by atoms with van der Waals surface area (Å²) in [4.78, 5) is 28.4. The van der Waals surface area contributed by atoms with Crippen molar-refractivity contribution in [3.8, 4) is 6.07 Å². The molecule has 2 amide bonds. The lowest BCUT2D eigenvalue weighted by Gasteiger charge is -2.35. The number of benzene rings is 1. The van der Waals surface area contributed by atoms with E-state index < -0.39 is 11.6 Å². The molecule has 0 radical (unpaired) electrons. The van der Waals surface area contributed by atoms with Crippen LogP contribution in [0.3, 0.4) is 0 Å². The smallest absolute Gasteiger partial charge is 0.266 e. The number of nitrogens with one attached hydrogen (secondary N) is 3. The minimum Gasteiger partial charge on any atom is -0.356 e. The van der Waals surface area contributed by atoms with Gasteiger partial charge in [0.15, 0.2) is 0 Å². The predicted molar refractivity (Wildman–Crippen MR) is 99.3 cm³/mol. The first-order valence-electron chi connectivity index (χ1n) is 7.53. The molecule has 26 heavy (non-hydrogen) atoms. The highest BCUT2D eigenvalue weighted by atomic mass is 32.1. The monoisotopic (exact) mass is 386 g/mol.